The van der Waals surface area contributed by atoms with Crippen LogP contribution in [0.2, 0.25) is 0 Å². The number of rotatable bonds is 1. The monoisotopic (exact) mass is 275 g/mol. The van der Waals surface area contributed by atoms with E-state index in [1.165, 1.54) is 7.11 Å². The molecule has 0 radical (unpaired) electrons. The van der Waals surface area contributed by atoms with Gasteiger partial charge in [-0.15, -0.1) is 0 Å². The first-order valence-corrected chi connectivity index (χ1v) is 6.29. The molecular weight excluding hydrogens is 250 g/mol. The van der Waals surface area contributed by atoms with Gasteiger partial charge in [0.05, 0.1) is 19.3 Å². The highest BCUT2D eigenvalue weighted by molar-refractivity contribution is 5.69. The Kier molecular flexibility index (Phi) is 6.83. The normalized spacial score (nSPS) is 26.3. The van der Waals surface area contributed by atoms with Gasteiger partial charge in [0, 0.05) is 6.04 Å². The zero-order valence-electron chi connectivity index (χ0n) is 12.5. The Labute approximate surface area is 114 Å². The molecule has 3 atom stereocenters. The summed E-state index contributed by atoms with van der Waals surface area (Å²) in [5.74, 6) is 0. The number of ether oxygens (including phenoxy) is 2. The van der Waals surface area contributed by atoms with Crippen molar-refractivity contribution in [2.45, 2.75) is 64.8 Å². The molecule has 1 N–H and O–H groups in total. The maximum Gasteiger partial charge on any atom is 0.410 e. The van der Waals surface area contributed by atoms with Crippen LogP contribution in [0.4, 0.5) is 4.79 Å². The molecule has 6 nitrogen and oxygen atoms in total. The van der Waals surface area contributed by atoms with E-state index in [9.17, 15) is 9.90 Å². The van der Waals surface area contributed by atoms with Crippen molar-refractivity contribution in [3.8, 4) is 0 Å². The first-order valence-electron chi connectivity index (χ1n) is 6.29. The van der Waals surface area contributed by atoms with Crippen molar-refractivity contribution < 1.29 is 24.2 Å². The molecule has 112 valence electrons. The Morgan fingerprint density at radius 3 is 2.11 bits per heavy atom. The lowest BCUT2D eigenvalue weighted by Gasteiger charge is -2.30. The predicted octanol–water partition coefficient (Wildman–Crippen LogP) is 1.55. The summed E-state index contributed by atoms with van der Waals surface area (Å²) in [6.07, 6.45) is -0.146. The topological polar surface area (TPSA) is 76.1 Å². The molecule has 1 fully saturated rings. The number of carbonyl (C=O) groups excluding carboxylic acids is 2. The molecule has 0 saturated carbocycles. The second-order valence-corrected chi connectivity index (χ2v) is 5.61. The zero-order chi connectivity index (χ0) is 15.2. The van der Waals surface area contributed by atoms with Crippen LogP contribution >= 0.6 is 0 Å². The number of nitrogens with zero attached hydrogens (tertiary/aromatic N) is 1. The summed E-state index contributed by atoms with van der Waals surface area (Å²) in [6.45, 7) is 9.67. The lowest BCUT2D eigenvalue weighted by Crippen LogP contribution is -2.43. The molecule has 1 aliphatic rings. The number of likely N-dealkylation sites (tertiary alicyclic amines) is 1. The fraction of sp³-hybridized carbons (Fsp3) is 0.846. The van der Waals surface area contributed by atoms with E-state index in [-0.39, 0.29) is 18.2 Å². The summed E-state index contributed by atoms with van der Waals surface area (Å²) in [4.78, 5) is 22.4. The van der Waals surface area contributed by atoms with Gasteiger partial charge in [0.15, 0.2) is 0 Å². The molecule has 0 spiro atoms. The summed E-state index contributed by atoms with van der Waals surface area (Å²) in [5, 5.41) is 9.64. The molecule has 0 aromatic heterocycles. The molecule has 19 heavy (non-hydrogen) atoms. The minimum atomic E-state index is -0.482. The van der Waals surface area contributed by atoms with E-state index in [1.807, 2.05) is 34.6 Å². The average Bonchev–Trinajstić information content (AvgIpc) is 2.51. The minimum absolute atomic E-state index is 0.0462. The number of aliphatic hydroxyl groups excluding tert-OH is 1. The zero-order valence-corrected chi connectivity index (χ0v) is 12.5. The number of hydrogen-bond donors (Lipinski definition) is 1. The van der Waals surface area contributed by atoms with Gasteiger partial charge in [0.1, 0.15) is 5.60 Å². The first-order chi connectivity index (χ1) is 8.64. The van der Waals surface area contributed by atoms with Gasteiger partial charge in [-0.05, 0) is 41.0 Å². The lowest BCUT2D eigenvalue weighted by atomic mass is 10.2. The van der Waals surface area contributed by atoms with E-state index in [1.54, 1.807) is 4.90 Å². The molecule has 1 aliphatic heterocycles. The second-order valence-electron chi connectivity index (χ2n) is 5.61. The average molecular weight is 275 g/mol. The van der Waals surface area contributed by atoms with Crippen LogP contribution in [0.25, 0.3) is 0 Å². The summed E-state index contributed by atoms with van der Waals surface area (Å²) in [7, 11) is 1.31. The van der Waals surface area contributed by atoms with Crippen molar-refractivity contribution in [3.63, 3.8) is 0 Å². The van der Waals surface area contributed by atoms with Crippen molar-refractivity contribution in [3.05, 3.63) is 0 Å². The molecule has 1 saturated heterocycles. The van der Waals surface area contributed by atoms with Crippen molar-refractivity contribution in [2.75, 3.05) is 7.11 Å². The van der Waals surface area contributed by atoms with Gasteiger partial charge >= 0.3 is 6.09 Å². The van der Waals surface area contributed by atoms with Crippen molar-refractivity contribution in [2.24, 2.45) is 0 Å². The maximum absolute atomic E-state index is 11.8. The fourth-order valence-electron chi connectivity index (χ4n) is 1.91. The quantitative estimate of drug-likeness (QED) is 0.735. The van der Waals surface area contributed by atoms with Gasteiger partial charge in [0.25, 0.3) is 6.47 Å². The summed E-state index contributed by atoms with van der Waals surface area (Å²) in [5.41, 5.74) is -0.482. The summed E-state index contributed by atoms with van der Waals surface area (Å²) >= 11 is 0. The van der Waals surface area contributed by atoms with Crippen molar-refractivity contribution >= 4 is 12.6 Å². The highest BCUT2D eigenvalue weighted by Gasteiger charge is 2.39. The van der Waals surface area contributed by atoms with Crippen molar-refractivity contribution in [1.29, 1.82) is 0 Å². The Hall–Kier alpha value is -1.30. The van der Waals surface area contributed by atoms with E-state index in [0.29, 0.717) is 12.9 Å². The third kappa shape index (κ3) is 5.92. The number of aliphatic hydroxyl groups is 1. The van der Waals surface area contributed by atoms with E-state index in [2.05, 4.69) is 4.74 Å². The van der Waals surface area contributed by atoms with E-state index in [0.717, 1.165) is 0 Å². The van der Waals surface area contributed by atoms with E-state index in [4.69, 9.17) is 9.53 Å². The number of amides is 1. The molecule has 1 heterocycles. The number of carbonyl (C=O) groups is 2. The summed E-state index contributed by atoms with van der Waals surface area (Å²) in [6, 6.07) is -0.111. The van der Waals surface area contributed by atoms with Gasteiger partial charge < -0.3 is 19.5 Å². The maximum atomic E-state index is 11.8. The third-order valence-electron chi connectivity index (χ3n) is 2.75. The number of methoxy groups -OCH3 is 1. The van der Waals surface area contributed by atoms with Crippen LogP contribution < -0.4 is 0 Å². The van der Waals surface area contributed by atoms with Crippen LogP contribution in [0.3, 0.4) is 0 Å². The SMILES string of the molecule is CC1CC(O)C(C)N1C(=O)OC(C)(C)C.COC=O. The van der Waals surface area contributed by atoms with Gasteiger partial charge in [0.2, 0.25) is 0 Å². The molecule has 1 rings (SSSR count). The van der Waals surface area contributed by atoms with Crippen LogP contribution in [-0.4, -0.2) is 53.5 Å². The standard InChI is InChI=1S/C11H21NO3.C2H4O2/c1-7-6-9(13)8(2)12(7)10(14)15-11(3,4)5;1-4-2-3/h7-9,13H,6H2,1-5H3;2H,1H3. The lowest BCUT2D eigenvalue weighted by molar-refractivity contribution is -0.126. The van der Waals surface area contributed by atoms with Gasteiger partial charge in [-0.1, -0.05) is 0 Å². The number of hydrogen-bond acceptors (Lipinski definition) is 5. The van der Waals surface area contributed by atoms with Gasteiger partial charge in [-0.2, -0.15) is 0 Å². The second kappa shape index (κ2) is 7.33. The van der Waals surface area contributed by atoms with Crippen LogP contribution in [-0.2, 0) is 14.3 Å². The van der Waals surface area contributed by atoms with Gasteiger partial charge in [-0.3, -0.25) is 4.79 Å². The Bertz CT molecular complexity index is 300. The van der Waals surface area contributed by atoms with E-state index < -0.39 is 11.7 Å². The third-order valence-corrected chi connectivity index (χ3v) is 2.75. The predicted molar refractivity (Wildman–Crippen MR) is 70.7 cm³/mol. The minimum Gasteiger partial charge on any atom is -0.471 e. The van der Waals surface area contributed by atoms with Crippen LogP contribution in [0, 0.1) is 0 Å². The largest absolute Gasteiger partial charge is 0.471 e. The Morgan fingerprint density at radius 2 is 1.84 bits per heavy atom. The van der Waals surface area contributed by atoms with Gasteiger partial charge in [-0.25, -0.2) is 4.79 Å². The van der Waals surface area contributed by atoms with Crippen LogP contribution in [0.15, 0.2) is 0 Å². The molecule has 0 aromatic rings. The highest BCUT2D eigenvalue weighted by atomic mass is 16.6. The molecule has 6 heteroatoms. The molecule has 0 aliphatic carbocycles. The first kappa shape index (κ1) is 17.7. The van der Waals surface area contributed by atoms with Crippen LogP contribution in [0.1, 0.15) is 41.0 Å². The highest BCUT2D eigenvalue weighted by Crippen LogP contribution is 2.26. The molecular formula is C13H25NO5. The molecule has 0 aromatic carbocycles. The summed E-state index contributed by atoms with van der Waals surface area (Å²) < 4.78 is 9.15. The molecule has 3 unspecified atom stereocenters. The van der Waals surface area contributed by atoms with Crippen molar-refractivity contribution in [1.82, 2.24) is 4.90 Å². The smallest absolute Gasteiger partial charge is 0.410 e. The van der Waals surface area contributed by atoms with Crippen LogP contribution in [0.5, 0.6) is 0 Å². The molecule has 0 bridgehead atoms. The fourth-order valence-corrected chi connectivity index (χ4v) is 1.91. The Balaban J connectivity index is 0.000000711. The molecule has 1 amide bonds. The Morgan fingerprint density at radius 1 is 1.37 bits per heavy atom. The van der Waals surface area contributed by atoms with E-state index >= 15 is 0 Å².